The molecule has 0 fully saturated rings. The van der Waals surface area contributed by atoms with Crippen molar-refractivity contribution < 1.29 is 13.9 Å². The Morgan fingerprint density at radius 1 is 1.14 bits per heavy atom. The van der Waals surface area contributed by atoms with E-state index in [1.165, 1.54) is 17.2 Å². The largest absolute Gasteiger partial charge is 0.454 e. The van der Waals surface area contributed by atoms with Gasteiger partial charge in [0, 0.05) is 11.8 Å². The zero-order valence-corrected chi connectivity index (χ0v) is 11.4. The van der Waals surface area contributed by atoms with Crippen molar-refractivity contribution in [2.75, 3.05) is 5.73 Å². The molecule has 5 heteroatoms. The van der Waals surface area contributed by atoms with Crippen molar-refractivity contribution in [2.24, 2.45) is 5.73 Å². The standard InChI is InChI=1S/C16H15FN2O2/c17-13-8-14(18)12(16(19)20)7-15(13)21-11-5-4-9-2-1-3-10(9)6-11/h4-8H,1-3,18H2,(H2,19,20). The summed E-state index contributed by atoms with van der Waals surface area (Å²) in [5.41, 5.74) is 13.3. The molecule has 3 rings (SSSR count). The topological polar surface area (TPSA) is 78.3 Å². The highest BCUT2D eigenvalue weighted by atomic mass is 19.1. The first-order chi connectivity index (χ1) is 10.0. The molecule has 1 aliphatic carbocycles. The van der Waals surface area contributed by atoms with Gasteiger partial charge in [-0.25, -0.2) is 4.39 Å². The van der Waals surface area contributed by atoms with Crippen LogP contribution < -0.4 is 16.2 Å². The van der Waals surface area contributed by atoms with Crippen LogP contribution in [0.1, 0.15) is 27.9 Å². The van der Waals surface area contributed by atoms with E-state index < -0.39 is 11.7 Å². The van der Waals surface area contributed by atoms with E-state index in [1.54, 1.807) is 6.07 Å². The number of carbonyl (C=O) groups excluding carboxylic acids is 1. The molecule has 0 aliphatic heterocycles. The number of aryl methyl sites for hydroxylation is 2. The van der Waals surface area contributed by atoms with E-state index in [1.807, 2.05) is 12.1 Å². The average molecular weight is 286 g/mol. The second kappa shape index (κ2) is 5.09. The Hall–Kier alpha value is -2.56. The summed E-state index contributed by atoms with van der Waals surface area (Å²) in [7, 11) is 0. The minimum Gasteiger partial charge on any atom is -0.454 e. The number of rotatable bonds is 3. The van der Waals surface area contributed by atoms with Gasteiger partial charge in [0.1, 0.15) is 5.75 Å². The van der Waals surface area contributed by atoms with Gasteiger partial charge in [-0.2, -0.15) is 0 Å². The number of ether oxygens (including phenoxy) is 1. The number of nitrogen functional groups attached to an aromatic ring is 1. The minimum absolute atomic E-state index is 0.00121. The first kappa shape index (κ1) is 13.4. The van der Waals surface area contributed by atoms with Gasteiger partial charge in [-0.15, -0.1) is 0 Å². The van der Waals surface area contributed by atoms with Crippen LogP contribution in [-0.2, 0) is 12.8 Å². The van der Waals surface area contributed by atoms with Crippen molar-refractivity contribution in [3.8, 4) is 11.5 Å². The quantitative estimate of drug-likeness (QED) is 0.852. The zero-order valence-electron chi connectivity index (χ0n) is 11.4. The first-order valence-electron chi connectivity index (χ1n) is 6.73. The molecule has 0 aromatic heterocycles. The normalized spacial score (nSPS) is 13.0. The maximum absolute atomic E-state index is 13.9. The molecule has 4 N–H and O–H groups in total. The van der Waals surface area contributed by atoms with Gasteiger partial charge >= 0.3 is 0 Å². The van der Waals surface area contributed by atoms with Crippen molar-refractivity contribution in [1.82, 2.24) is 0 Å². The molecule has 0 saturated heterocycles. The predicted octanol–water partition coefficient (Wildman–Crippen LogP) is 2.79. The highest BCUT2D eigenvalue weighted by Crippen LogP contribution is 2.31. The van der Waals surface area contributed by atoms with E-state index in [4.69, 9.17) is 16.2 Å². The second-order valence-corrected chi connectivity index (χ2v) is 5.12. The van der Waals surface area contributed by atoms with Crippen molar-refractivity contribution in [2.45, 2.75) is 19.3 Å². The van der Waals surface area contributed by atoms with Gasteiger partial charge in [0.05, 0.1) is 5.56 Å². The third-order valence-electron chi connectivity index (χ3n) is 3.67. The molecular formula is C16H15FN2O2. The SMILES string of the molecule is NC(=O)c1cc(Oc2ccc3c(c2)CCC3)c(F)cc1N. The van der Waals surface area contributed by atoms with Crippen LogP contribution in [0.5, 0.6) is 11.5 Å². The Bertz CT molecular complexity index is 728. The average Bonchev–Trinajstić information content (AvgIpc) is 2.88. The predicted molar refractivity (Wildman–Crippen MR) is 77.9 cm³/mol. The van der Waals surface area contributed by atoms with Crippen LogP contribution in [0.3, 0.4) is 0 Å². The van der Waals surface area contributed by atoms with Crippen LogP contribution in [0.4, 0.5) is 10.1 Å². The number of nitrogens with two attached hydrogens (primary N) is 2. The molecule has 0 atom stereocenters. The second-order valence-electron chi connectivity index (χ2n) is 5.12. The lowest BCUT2D eigenvalue weighted by Gasteiger charge is -2.11. The molecule has 0 bridgehead atoms. The van der Waals surface area contributed by atoms with Gasteiger partial charge in [0.25, 0.3) is 5.91 Å². The molecule has 0 spiro atoms. The highest BCUT2D eigenvalue weighted by Gasteiger charge is 2.15. The van der Waals surface area contributed by atoms with Crippen LogP contribution in [0, 0.1) is 5.82 Å². The summed E-state index contributed by atoms with van der Waals surface area (Å²) in [6.07, 6.45) is 3.20. The van der Waals surface area contributed by atoms with E-state index in [9.17, 15) is 9.18 Å². The number of fused-ring (bicyclic) bond motifs is 1. The molecule has 2 aromatic rings. The molecule has 0 radical (unpaired) electrons. The zero-order chi connectivity index (χ0) is 15.0. The first-order valence-corrected chi connectivity index (χ1v) is 6.73. The molecule has 2 aromatic carbocycles. The molecule has 108 valence electrons. The summed E-state index contributed by atoms with van der Waals surface area (Å²) in [5.74, 6) is -0.866. The Balaban J connectivity index is 1.94. The summed E-state index contributed by atoms with van der Waals surface area (Å²) < 4.78 is 19.4. The van der Waals surface area contributed by atoms with Crippen molar-refractivity contribution in [3.05, 3.63) is 52.8 Å². The third-order valence-corrected chi connectivity index (χ3v) is 3.67. The van der Waals surface area contributed by atoms with E-state index in [0.29, 0.717) is 5.75 Å². The fourth-order valence-electron chi connectivity index (χ4n) is 2.60. The summed E-state index contributed by atoms with van der Waals surface area (Å²) >= 11 is 0. The number of halogens is 1. The van der Waals surface area contributed by atoms with E-state index >= 15 is 0 Å². The lowest BCUT2D eigenvalue weighted by atomic mass is 10.1. The number of carbonyl (C=O) groups is 1. The van der Waals surface area contributed by atoms with Gasteiger partial charge in [0.2, 0.25) is 0 Å². The van der Waals surface area contributed by atoms with Crippen molar-refractivity contribution in [1.29, 1.82) is 0 Å². The fourth-order valence-corrected chi connectivity index (χ4v) is 2.60. The van der Waals surface area contributed by atoms with Gasteiger partial charge in [-0.1, -0.05) is 6.07 Å². The lowest BCUT2D eigenvalue weighted by Crippen LogP contribution is -2.14. The summed E-state index contributed by atoms with van der Waals surface area (Å²) in [4.78, 5) is 11.3. The van der Waals surface area contributed by atoms with E-state index in [-0.39, 0.29) is 17.0 Å². The summed E-state index contributed by atoms with van der Waals surface area (Å²) in [6.45, 7) is 0. The van der Waals surface area contributed by atoms with Gasteiger partial charge in [0.15, 0.2) is 11.6 Å². The maximum Gasteiger partial charge on any atom is 0.250 e. The number of benzene rings is 2. The Morgan fingerprint density at radius 3 is 2.67 bits per heavy atom. The van der Waals surface area contributed by atoms with Crippen LogP contribution in [0.2, 0.25) is 0 Å². The lowest BCUT2D eigenvalue weighted by molar-refractivity contribution is 0.100. The molecule has 0 heterocycles. The molecular weight excluding hydrogens is 271 g/mol. The highest BCUT2D eigenvalue weighted by molar-refractivity contribution is 5.98. The Labute approximate surface area is 121 Å². The Kier molecular flexibility index (Phi) is 3.25. The number of amides is 1. The smallest absolute Gasteiger partial charge is 0.250 e. The van der Waals surface area contributed by atoms with Gasteiger partial charge in [-0.05, 0) is 48.6 Å². The number of hydrogen-bond donors (Lipinski definition) is 2. The van der Waals surface area contributed by atoms with Crippen molar-refractivity contribution >= 4 is 11.6 Å². The summed E-state index contributed by atoms with van der Waals surface area (Å²) in [5, 5.41) is 0. The number of anilines is 1. The minimum atomic E-state index is -0.716. The van der Waals surface area contributed by atoms with E-state index in [0.717, 1.165) is 25.3 Å². The van der Waals surface area contributed by atoms with E-state index in [2.05, 4.69) is 0 Å². The van der Waals surface area contributed by atoms with Crippen LogP contribution in [0.25, 0.3) is 0 Å². The van der Waals surface area contributed by atoms with Crippen LogP contribution in [0.15, 0.2) is 30.3 Å². The Morgan fingerprint density at radius 2 is 1.90 bits per heavy atom. The summed E-state index contributed by atoms with van der Waals surface area (Å²) in [6, 6.07) is 7.97. The molecule has 0 saturated carbocycles. The van der Waals surface area contributed by atoms with Crippen LogP contribution >= 0.6 is 0 Å². The number of primary amides is 1. The monoisotopic (exact) mass is 286 g/mol. The number of hydrogen-bond acceptors (Lipinski definition) is 3. The van der Waals surface area contributed by atoms with Crippen LogP contribution in [-0.4, -0.2) is 5.91 Å². The third kappa shape index (κ3) is 2.54. The fraction of sp³-hybridized carbons (Fsp3) is 0.188. The van der Waals surface area contributed by atoms with Gasteiger partial charge in [-0.3, -0.25) is 4.79 Å². The molecule has 1 aliphatic rings. The van der Waals surface area contributed by atoms with Crippen molar-refractivity contribution in [3.63, 3.8) is 0 Å². The van der Waals surface area contributed by atoms with Gasteiger partial charge < -0.3 is 16.2 Å². The molecule has 1 amide bonds. The molecule has 4 nitrogen and oxygen atoms in total. The maximum atomic E-state index is 13.9. The molecule has 21 heavy (non-hydrogen) atoms. The molecule has 0 unspecified atom stereocenters.